The molecule has 2 aromatic rings. The average Bonchev–Trinajstić information content (AvgIpc) is 3.06. The molecule has 31 heavy (non-hydrogen) atoms. The first-order chi connectivity index (χ1) is 14.7. The van der Waals surface area contributed by atoms with E-state index in [4.69, 9.17) is 16.9 Å². The summed E-state index contributed by atoms with van der Waals surface area (Å²) in [6.45, 7) is 1.07. The maximum atomic E-state index is 13.5. The zero-order valence-electron chi connectivity index (χ0n) is 16.7. The quantitative estimate of drug-likeness (QED) is 0.527. The fourth-order valence-corrected chi connectivity index (χ4v) is 3.56. The summed E-state index contributed by atoms with van der Waals surface area (Å²) in [4.78, 5) is 29.9. The molecule has 5 nitrogen and oxygen atoms in total. The number of carbonyl (C=O) groups is 2. The number of halogens is 3. The van der Waals surface area contributed by atoms with E-state index in [0.29, 0.717) is 16.1 Å². The third kappa shape index (κ3) is 5.45. The molecule has 1 atom stereocenters. The Balaban J connectivity index is 1.72. The number of benzene rings is 1. The summed E-state index contributed by atoms with van der Waals surface area (Å²) >= 11 is 5.95. The molecule has 158 valence electrons. The minimum atomic E-state index is -3.09. The molecular weight excluding hydrogens is 424 g/mol. The lowest BCUT2D eigenvalue weighted by molar-refractivity contribution is -0.132. The Morgan fingerprint density at radius 1 is 1.26 bits per heavy atom. The highest BCUT2D eigenvalue weighted by atomic mass is 35.5. The number of hydrogen-bond acceptors (Lipinski definition) is 4. The molecule has 1 amide bonds. The van der Waals surface area contributed by atoms with Gasteiger partial charge in [0.15, 0.2) is 5.78 Å². The zero-order valence-corrected chi connectivity index (χ0v) is 17.4. The van der Waals surface area contributed by atoms with Crippen LogP contribution < -0.4 is 0 Å². The highest BCUT2D eigenvalue weighted by Gasteiger charge is 2.47. The van der Waals surface area contributed by atoms with Crippen LogP contribution in [0.5, 0.6) is 0 Å². The van der Waals surface area contributed by atoms with Gasteiger partial charge in [-0.3, -0.25) is 14.6 Å². The fraction of sp³-hybridized carbons (Fsp3) is 0.304. The van der Waals surface area contributed by atoms with Crippen molar-refractivity contribution in [3.8, 4) is 17.9 Å². The van der Waals surface area contributed by atoms with Crippen molar-refractivity contribution in [2.45, 2.75) is 38.2 Å². The molecule has 1 saturated heterocycles. The molecule has 1 aromatic carbocycles. The normalized spacial score (nSPS) is 16.9. The van der Waals surface area contributed by atoms with Gasteiger partial charge in [0.2, 0.25) is 5.91 Å². The molecule has 0 saturated carbocycles. The van der Waals surface area contributed by atoms with Gasteiger partial charge in [-0.2, -0.15) is 5.26 Å². The van der Waals surface area contributed by atoms with E-state index in [0.717, 1.165) is 16.0 Å². The molecule has 0 N–H and O–H groups in total. The number of ketones is 1. The van der Waals surface area contributed by atoms with Crippen LogP contribution in [0.25, 0.3) is 0 Å². The number of likely N-dealkylation sites (tertiary alicyclic amines) is 1. The first kappa shape index (κ1) is 22.4. The number of carbonyl (C=O) groups excluding carboxylic acids is 2. The van der Waals surface area contributed by atoms with E-state index in [9.17, 15) is 18.4 Å². The van der Waals surface area contributed by atoms with Crippen molar-refractivity contribution in [3.05, 3.63) is 63.9 Å². The standard InChI is InChI=1S/C23H18ClF2N3O2/c1-15-10-18(24)5-4-16(15)2-3-17-13-28-9-8-20(17)21(30)6-7-22(31)29-14-23(25,26)11-19(29)12-27/h4-5,8-10,13,19H,6-7,11,14H2,1H3/t19-/m0/s1. The van der Waals surface area contributed by atoms with Gasteiger partial charge in [0.25, 0.3) is 5.92 Å². The van der Waals surface area contributed by atoms with Crippen LogP contribution in [-0.4, -0.2) is 40.1 Å². The first-order valence-corrected chi connectivity index (χ1v) is 9.90. The third-order valence-corrected chi connectivity index (χ3v) is 5.18. The number of aryl methyl sites for hydroxylation is 1. The van der Waals surface area contributed by atoms with E-state index < -0.39 is 30.8 Å². The largest absolute Gasteiger partial charge is 0.320 e. The molecule has 0 aliphatic carbocycles. The number of pyridine rings is 1. The summed E-state index contributed by atoms with van der Waals surface area (Å²) in [5.74, 6) is 1.83. The number of aromatic nitrogens is 1. The zero-order chi connectivity index (χ0) is 22.6. The smallest absolute Gasteiger partial charge is 0.268 e. The maximum absolute atomic E-state index is 13.5. The predicted molar refractivity (Wildman–Crippen MR) is 111 cm³/mol. The molecule has 2 heterocycles. The van der Waals surface area contributed by atoms with E-state index in [2.05, 4.69) is 16.8 Å². The second-order valence-corrected chi connectivity index (χ2v) is 7.72. The van der Waals surface area contributed by atoms with Crippen molar-refractivity contribution in [2.24, 2.45) is 0 Å². The number of hydrogen-bond donors (Lipinski definition) is 0. The van der Waals surface area contributed by atoms with Crippen LogP contribution in [0, 0.1) is 30.1 Å². The number of Topliss-reactive ketones (excluding diaryl/α,β-unsaturated/α-hetero) is 1. The second-order valence-electron chi connectivity index (χ2n) is 7.28. The lowest BCUT2D eigenvalue weighted by Crippen LogP contribution is -2.36. The number of alkyl halides is 2. The molecule has 1 aliphatic rings. The van der Waals surface area contributed by atoms with E-state index in [1.807, 2.05) is 6.92 Å². The van der Waals surface area contributed by atoms with Crippen molar-refractivity contribution in [1.29, 1.82) is 5.26 Å². The second kappa shape index (κ2) is 9.24. The number of rotatable bonds is 4. The minimum absolute atomic E-state index is 0.183. The highest BCUT2D eigenvalue weighted by molar-refractivity contribution is 6.30. The number of amides is 1. The molecular formula is C23H18ClF2N3O2. The minimum Gasteiger partial charge on any atom is -0.320 e. The number of nitrogens with zero attached hydrogens (tertiary/aromatic N) is 3. The monoisotopic (exact) mass is 441 g/mol. The Hall–Kier alpha value is -3.29. The van der Waals surface area contributed by atoms with Gasteiger partial charge in [-0.05, 0) is 36.8 Å². The van der Waals surface area contributed by atoms with Gasteiger partial charge >= 0.3 is 0 Å². The fourth-order valence-electron chi connectivity index (χ4n) is 3.33. The van der Waals surface area contributed by atoms with Crippen molar-refractivity contribution in [1.82, 2.24) is 9.88 Å². The van der Waals surface area contributed by atoms with Gasteiger partial charge in [-0.1, -0.05) is 23.4 Å². The lowest BCUT2D eigenvalue weighted by Gasteiger charge is -2.18. The van der Waals surface area contributed by atoms with Crippen molar-refractivity contribution >= 4 is 23.3 Å². The van der Waals surface area contributed by atoms with Gasteiger partial charge < -0.3 is 4.90 Å². The molecule has 0 radical (unpaired) electrons. The highest BCUT2D eigenvalue weighted by Crippen LogP contribution is 2.32. The SMILES string of the molecule is Cc1cc(Cl)ccc1C#Cc1cnccc1C(=O)CCC(=O)N1CC(F)(F)C[C@H]1C#N. The Morgan fingerprint density at radius 2 is 2.00 bits per heavy atom. The van der Waals surface area contributed by atoms with Crippen LogP contribution in [0.1, 0.15) is 46.3 Å². The summed E-state index contributed by atoms with van der Waals surface area (Å²) < 4.78 is 27.1. The molecule has 3 rings (SSSR count). The molecule has 0 spiro atoms. The molecule has 1 aromatic heterocycles. The van der Waals surface area contributed by atoms with Gasteiger partial charge in [-0.15, -0.1) is 0 Å². The molecule has 8 heteroatoms. The van der Waals surface area contributed by atoms with Gasteiger partial charge in [0.05, 0.1) is 18.2 Å². The van der Waals surface area contributed by atoms with Crippen molar-refractivity contribution < 1.29 is 18.4 Å². The summed E-state index contributed by atoms with van der Waals surface area (Å²) in [5, 5.41) is 9.62. The predicted octanol–water partition coefficient (Wildman–Crippen LogP) is 4.17. The Kier molecular flexibility index (Phi) is 6.68. The maximum Gasteiger partial charge on any atom is 0.268 e. The molecule has 0 bridgehead atoms. The van der Waals surface area contributed by atoms with Crippen LogP contribution in [-0.2, 0) is 4.79 Å². The Labute approximate surface area is 183 Å². The third-order valence-electron chi connectivity index (χ3n) is 4.95. The van der Waals surface area contributed by atoms with Crippen molar-refractivity contribution in [3.63, 3.8) is 0 Å². The number of nitriles is 1. The van der Waals surface area contributed by atoms with E-state index >= 15 is 0 Å². The molecule has 0 unspecified atom stereocenters. The Morgan fingerprint density at radius 3 is 2.71 bits per heavy atom. The van der Waals surface area contributed by atoms with Gasteiger partial charge in [0.1, 0.15) is 6.04 Å². The topological polar surface area (TPSA) is 74.1 Å². The van der Waals surface area contributed by atoms with E-state index in [1.165, 1.54) is 18.5 Å². The van der Waals surface area contributed by atoms with Crippen LogP contribution in [0.15, 0.2) is 36.7 Å². The van der Waals surface area contributed by atoms with Gasteiger partial charge in [-0.25, -0.2) is 8.78 Å². The van der Waals surface area contributed by atoms with E-state index in [1.54, 1.807) is 24.3 Å². The van der Waals surface area contributed by atoms with Crippen LogP contribution >= 0.6 is 11.6 Å². The van der Waals surface area contributed by atoms with Crippen LogP contribution in [0.3, 0.4) is 0 Å². The average molecular weight is 442 g/mol. The summed E-state index contributed by atoms with van der Waals surface area (Å²) in [6, 6.07) is 7.33. The van der Waals surface area contributed by atoms with E-state index in [-0.39, 0.29) is 18.6 Å². The summed E-state index contributed by atoms with van der Waals surface area (Å²) in [6.07, 6.45) is 1.77. The lowest BCUT2D eigenvalue weighted by atomic mass is 10.0. The van der Waals surface area contributed by atoms with Crippen LogP contribution in [0.4, 0.5) is 8.78 Å². The molecule has 1 fully saturated rings. The van der Waals surface area contributed by atoms with Crippen LogP contribution in [0.2, 0.25) is 5.02 Å². The summed E-state index contributed by atoms with van der Waals surface area (Å²) in [5.41, 5.74) is 2.33. The molecule has 1 aliphatic heterocycles. The van der Waals surface area contributed by atoms with Gasteiger partial charge in [0, 0.05) is 47.8 Å². The Bertz CT molecular complexity index is 1130. The first-order valence-electron chi connectivity index (χ1n) is 9.52. The van der Waals surface area contributed by atoms with Crippen molar-refractivity contribution in [2.75, 3.05) is 6.54 Å². The summed E-state index contributed by atoms with van der Waals surface area (Å²) in [7, 11) is 0.